The van der Waals surface area contributed by atoms with E-state index in [1.54, 1.807) is 51.7 Å². The lowest BCUT2D eigenvalue weighted by atomic mass is 10.0. The number of hydrogen-bond acceptors (Lipinski definition) is 20. The molecule has 0 spiro atoms. The molecule has 0 unspecified atom stereocenters. The van der Waals surface area contributed by atoms with E-state index in [1.165, 1.54) is 40.3 Å². The molecule has 0 radical (unpaired) electrons. The molecular formula is C43H47ClN14O9. The van der Waals surface area contributed by atoms with Crippen molar-refractivity contribution in [2.45, 2.75) is 26.1 Å². The summed E-state index contributed by atoms with van der Waals surface area (Å²) in [6.45, 7) is 1.40. The highest BCUT2D eigenvalue weighted by molar-refractivity contribution is 6.31. The summed E-state index contributed by atoms with van der Waals surface area (Å²) in [6, 6.07) is 10.5. The lowest BCUT2D eigenvalue weighted by molar-refractivity contribution is 0.0957. The normalized spacial score (nSPS) is 12.4. The summed E-state index contributed by atoms with van der Waals surface area (Å²) in [5.74, 6) is 3.96. The molecule has 0 fully saturated rings. The second-order valence-electron chi connectivity index (χ2n) is 14.0. The fraction of sp³-hybridized carbons (Fsp3) is 0.233. The van der Waals surface area contributed by atoms with Crippen molar-refractivity contribution in [2.24, 2.45) is 0 Å². The van der Waals surface area contributed by atoms with Crippen LogP contribution < -0.4 is 72.6 Å². The molecule has 0 aliphatic carbocycles. The smallest absolute Gasteiger partial charge is 0.252 e. The third-order valence-electron chi connectivity index (χ3n) is 10.3. The Labute approximate surface area is 388 Å². The van der Waals surface area contributed by atoms with Crippen molar-refractivity contribution < 1.29 is 42.8 Å². The first-order chi connectivity index (χ1) is 32.3. The molecule has 3 aromatic heterocycles. The van der Waals surface area contributed by atoms with Gasteiger partial charge >= 0.3 is 0 Å². The van der Waals surface area contributed by atoms with Crippen LogP contribution in [0.2, 0.25) is 5.15 Å². The Morgan fingerprint density at radius 2 is 0.970 bits per heavy atom. The fourth-order valence-electron chi connectivity index (χ4n) is 7.19. The molecule has 9 rings (SSSR count). The molecule has 3 aliphatic heterocycles. The maximum Gasteiger partial charge on any atom is 0.252 e. The monoisotopic (exact) mass is 938 g/mol. The summed E-state index contributed by atoms with van der Waals surface area (Å²) in [7, 11) is 9.17. The van der Waals surface area contributed by atoms with E-state index in [0.717, 1.165) is 22.3 Å². The standard InChI is InChI=1S/C15H16N4O3.C14H15N5O3.C9H10N2O2.C5H6ClN3O/c1-21-12-8(3-4-9-10(12)6-17-15(9)20)5-11-13(22-2)14(16)19-7-18-11;1-21-10-8-5-16-14(20)7(8)3-4-9(10)19-13-11(22-2)12(15)17-6-18-13;1-13-8-6-4-11-9(12)5(6)2-3-7(8)10;1-10-3-4(6)8-2-9-5(3)7/h3-4,7H,5-6H2,1-2H3,(H,17,20)(H2,16,18,19);3-4,6H,5H2,1-2H3,(H,16,20)(H3,15,17,18,19);2-3H,4,10H2,1H3,(H,11,12);2H,1H3,(H2,7,8,9). The highest BCUT2D eigenvalue weighted by Gasteiger charge is 2.27. The number of nitrogen functional groups attached to an aromatic ring is 4. The number of hydrogen-bond donors (Lipinski definition) is 8. The molecule has 0 saturated heterocycles. The van der Waals surface area contributed by atoms with E-state index in [4.69, 9.17) is 63.0 Å². The quantitative estimate of drug-likeness (QED) is 0.0722. The first kappa shape index (κ1) is 47.9. The molecule has 0 saturated carbocycles. The third-order valence-corrected chi connectivity index (χ3v) is 10.5. The van der Waals surface area contributed by atoms with Gasteiger partial charge in [0.1, 0.15) is 36.2 Å². The van der Waals surface area contributed by atoms with Crippen LogP contribution in [-0.2, 0) is 26.1 Å². The van der Waals surface area contributed by atoms with Gasteiger partial charge in [-0.2, -0.15) is 0 Å². The lowest BCUT2D eigenvalue weighted by Gasteiger charge is -2.15. The van der Waals surface area contributed by atoms with Gasteiger partial charge in [0, 0.05) is 65.0 Å². The predicted octanol–water partition coefficient (Wildman–Crippen LogP) is 3.21. The van der Waals surface area contributed by atoms with Gasteiger partial charge in [-0.15, -0.1) is 0 Å². The van der Waals surface area contributed by atoms with E-state index in [0.29, 0.717) is 106 Å². The molecule has 3 aromatic carbocycles. The number of carbonyl (C=O) groups excluding carboxylic acids is 3. The van der Waals surface area contributed by atoms with Crippen LogP contribution in [0.25, 0.3) is 0 Å². The van der Waals surface area contributed by atoms with Gasteiger partial charge in [-0.05, 0) is 30.3 Å². The van der Waals surface area contributed by atoms with Gasteiger partial charge in [0.15, 0.2) is 39.9 Å². The molecule has 0 atom stereocenters. The van der Waals surface area contributed by atoms with E-state index in [1.807, 2.05) is 6.07 Å². The number of benzene rings is 3. The highest BCUT2D eigenvalue weighted by Crippen LogP contribution is 2.39. The number of nitrogens with zero attached hydrogens (tertiary/aromatic N) is 6. The average Bonchev–Trinajstić information content (AvgIpc) is 4.02. The first-order valence-corrected chi connectivity index (χ1v) is 20.2. The fourth-order valence-corrected chi connectivity index (χ4v) is 7.40. The Hall–Kier alpha value is -8.60. The molecule has 0 bridgehead atoms. The molecule has 23 nitrogen and oxygen atoms in total. The zero-order chi connectivity index (χ0) is 48.4. The minimum absolute atomic E-state index is 0.0618. The molecule has 350 valence electrons. The maximum absolute atomic E-state index is 11.7. The van der Waals surface area contributed by atoms with Crippen molar-refractivity contribution in [2.75, 3.05) is 70.9 Å². The van der Waals surface area contributed by atoms with Crippen LogP contribution in [0, 0.1) is 0 Å². The molecule has 24 heteroatoms. The predicted molar refractivity (Wildman–Crippen MR) is 247 cm³/mol. The second-order valence-corrected chi connectivity index (χ2v) is 14.3. The maximum atomic E-state index is 11.7. The Morgan fingerprint density at radius 1 is 0.522 bits per heavy atom. The van der Waals surface area contributed by atoms with E-state index in [2.05, 4.69) is 51.2 Å². The minimum atomic E-state index is -0.108. The van der Waals surface area contributed by atoms with Crippen LogP contribution in [0.5, 0.6) is 34.5 Å². The molecule has 3 amide bonds. The summed E-state index contributed by atoms with van der Waals surface area (Å²) >= 11 is 5.57. The Balaban J connectivity index is 0.000000154. The summed E-state index contributed by atoms with van der Waals surface area (Å²) < 4.78 is 31.3. The number of nitrogens with two attached hydrogens (primary N) is 4. The number of fused-ring (bicyclic) bond motifs is 3. The number of rotatable bonds is 10. The Bertz CT molecular complexity index is 2690. The van der Waals surface area contributed by atoms with Gasteiger partial charge in [0.05, 0.1) is 59.7 Å². The van der Waals surface area contributed by atoms with Crippen molar-refractivity contribution in [1.82, 2.24) is 45.9 Å². The number of halogens is 1. The van der Waals surface area contributed by atoms with Crippen LogP contribution in [-0.4, -0.2) is 90.3 Å². The minimum Gasteiger partial charge on any atom is -0.496 e. The molecule has 67 heavy (non-hydrogen) atoms. The van der Waals surface area contributed by atoms with Crippen molar-refractivity contribution in [1.29, 1.82) is 0 Å². The number of amides is 3. The molecular weight excluding hydrogens is 892 g/mol. The largest absolute Gasteiger partial charge is 0.496 e. The van der Waals surface area contributed by atoms with Gasteiger partial charge in [-0.25, -0.2) is 29.9 Å². The number of methoxy groups -OCH3 is 6. The van der Waals surface area contributed by atoms with Crippen molar-refractivity contribution in [3.8, 4) is 34.5 Å². The van der Waals surface area contributed by atoms with Gasteiger partial charge in [0.2, 0.25) is 5.75 Å². The van der Waals surface area contributed by atoms with E-state index >= 15 is 0 Å². The second kappa shape index (κ2) is 21.4. The number of aromatic nitrogens is 6. The van der Waals surface area contributed by atoms with Gasteiger partial charge in [-0.3, -0.25) is 14.4 Å². The van der Waals surface area contributed by atoms with Gasteiger partial charge in [0.25, 0.3) is 17.7 Å². The van der Waals surface area contributed by atoms with Crippen LogP contribution in [0.3, 0.4) is 0 Å². The highest BCUT2D eigenvalue weighted by atomic mass is 35.5. The zero-order valence-electron chi connectivity index (χ0n) is 37.1. The van der Waals surface area contributed by atoms with Gasteiger partial charge < -0.3 is 72.6 Å². The number of nitrogens with one attached hydrogen (secondary N) is 4. The summed E-state index contributed by atoms with van der Waals surface area (Å²) in [5, 5.41) is 11.6. The third kappa shape index (κ3) is 10.2. The van der Waals surface area contributed by atoms with Gasteiger partial charge in [-0.1, -0.05) is 17.7 Å². The van der Waals surface area contributed by atoms with Crippen LogP contribution in [0.1, 0.15) is 59.0 Å². The average molecular weight is 939 g/mol. The van der Waals surface area contributed by atoms with Crippen LogP contribution in [0.15, 0.2) is 55.4 Å². The van der Waals surface area contributed by atoms with Crippen molar-refractivity contribution in [3.05, 3.63) is 105 Å². The van der Waals surface area contributed by atoms with E-state index in [9.17, 15) is 14.4 Å². The number of carbonyl (C=O) groups is 3. The topological polar surface area (TPSA) is 336 Å². The molecule has 6 heterocycles. The number of anilines is 6. The van der Waals surface area contributed by atoms with Crippen molar-refractivity contribution in [3.63, 3.8) is 0 Å². The summed E-state index contributed by atoms with van der Waals surface area (Å²) in [5.41, 5.74) is 29.9. The number of ether oxygens (including phenoxy) is 6. The summed E-state index contributed by atoms with van der Waals surface area (Å²) in [6.07, 6.45) is 4.49. The van der Waals surface area contributed by atoms with Crippen LogP contribution in [0.4, 0.5) is 34.6 Å². The molecule has 3 aliphatic rings. The van der Waals surface area contributed by atoms with Crippen molar-refractivity contribution >= 4 is 64.0 Å². The molecule has 6 aromatic rings. The van der Waals surface area contributed by atoms with E-state index < -0.39 is 0 Å². The SMILES string of the molecule is COc1c(N)ccc2c1CNC2=O.COc1c(N)ncnc1Cc1ccc2c(c1OC)CNC2=O.COc1c(N)ncnc1Cl.COc1c(N)ncnc1Nc1ccc2c(c1OC)CNC2=O. The van der Waals surface area contributed by atoms with Crippen LogP contribution >= 0.6 is 11.6 Å². The Morgan fingerprint density at radius 3 is 1.49 bits per heavy atom. The first-order valence-electron chi connectivity index (χ1n) is 19.8. The van der Waals surface area contributed by atoms with E-state index in [-0.39, 0.29) is 34.5 Å². The molecule has 12 N–H and O–H groups in total. The zero-order valence-corrected chi connectivity index (χ0v) is 37.8. The lowest BCUT2D eigenvalue weighted by Crippen LogP contribution is -2.12. The summed E-state index contributed by atoms with van der Waals surface area (Å²) in [4.78, 5) is 58.2. The Kier molecular flexibility index (Phi) is 15.3.